The number of fused-ring (bicyclic) bond motifs is 2. The molecule has 2 aliphatic heterocycles. The normalized spacial score (nSPS) is 16.0. The lowest BCUT2D eigenvalue weighted by Gasteiger charge is -2.27. The van der Waals surface area contributed by atoms with Crippen molar-refractivity contribution in [3.63, 3.8) is 0 Å². The highest BCUT2D eigenvalue weighted by Crippen LogP contribution is 2.28. The van der Waals surface area contributed by atoms with Gasteiger partial charge in [-0.15, -0.1) is 11.3 Å². The summed E-state index contributed by atoms with van der Waals surface area (Å²) in [6.45, 7) is 2.13. The zero-order chi connectivity index (χ0) is 16.5. The minimum atomic E-state index is 0.0170. The molecule has 5 nitrogen and oxygen atoms in total. The van der Waals surface area contributed by atoms with Gasteiger partial charge in [0.2, 0.25) is 11.8 Å². The number of rotatable bonds is 3. The zero-order valence-electron chi connectivity index (χ0n) is 13.4. The van der Waals surface area contributed by atoms with Gasteiger partial charge in [0.1, 0.15) is 0 Å². The molecule has 4 rings (SSSR count). The Kier molecular flexibility index (Phi) is 4.06. The number of thiophene rings is 1. The van der Waals surface area contributed by atoms with Crippen LogP contribution in [-0.2, 0) is 29.0 Å². The predicted octanol–water partition coefficient (Wildman–Crippen LogP) is 2.40. The van der Waals surface area contributed by atoms with Gasteiger partial charge in [-0.2, -0.15) is 0 Å². The van der Waals surface area contributed by atoms with Crippen molar-refractivity contribution in [3.8, 4) is 0 Å². The second-order valence-corrected chi connectivity index (χ2v) is 7.23. The highest BCUT2D eigenvalue weighted by atomic mass is 32.1. The number of amides is 2. The Hall–Kier alpha value is -2.21. The maximum Gasteiger partial charge on any atom is 0.227 e. The summed E-state index contributed by atoms with van der Waals surface area (Å²) in [7, 11) is 0. The van der Waals surface area contributed by atoms with E-state index < -0.39 is 0 Å². The van der Waals surface area contributed by atoms with Crippen LogP contribution in [0.25, 0.3) is 0 Å². The molecule has 0 unspecified atom stereocenters. The first-order valence-corrected chi connectivity index (χ1v) is 9.16. The van der Waals surface area contributed by atoms with Crippen LogP contribution in [0.3, 0.4) is 0 Å². The van der Waals surface area contributed by atoms with E-state index in [4.69, 9.17) is 0 Å². The Bertz CT molecular complexity index is 786. The van der Waals surface area contributed by atoms with E-state index >= 15 is 0 Å². The number of carbonyl (C=O) groups is 2. The van der Waals surface area contributed by atoms with Gasteiger partial charge >= 0.3 is 0 Å². The standard InChI is InChI=1S/C18H19N3O2S/c22-17(20-8-5-16-14(12-20)6-10-24-16)1-2-18(23)21-9-4-13-3-7-19-11-15(13)21/h3,6-7,10-11H,1-2,4-5,8-9,12H2. The first-order chi connectivity index (χ1) is 11.7. The average Bonchev–Trinajstić information content (AvgIpc) is 3.25. The van der Waals surface area contributed by atoms with Crippen LogP contribution >= 0.6 is 11.3 Å². The van der Waals surface area contributed by atoms with Gasteiger partial charge in [-0.25, -0.2) is 0 Å². The second kappa shape index (κ2) is 6.36. The Morgan fingerprint density at radius 2 is 1.96 bits per heavy atom. The van der Waals surface area contributed by atoms with E-state index in [-0.39, 0.29) is 24.7 Å². The number of nitrogens with zero attached hydrogens (tertiary/aromatic N) is 3. The van der Waals surface area contributed by atoms with Crippen molar-refractivity contribution in [3.05, 3.63) is 45.9 Å². The summed E-state index contributed by atoms with van der Waals surface area (Å²) in [5.74, 6) is 0.0918. The molecule has 0 saturated carbocycles. The molecule has 0 bridgehead atoms. The minimum Gasteiger partial charge on any atom is -0.338 e. The SMILES string of the molecule is O=C(CCC(=O)N1CCc2ccncc21)N1CCc2sccc2C1. The smallest absolute Gasteiger partial charge is 0.227 e. The summed E-state index contributed by atoms with van der Waals surface area (Å²) < 4.78 is 0. The first-order valence-electron chi connectivity index (χ1n) is 8.28. The molecular weight excluding hydrogens is 322 g/mol. The van der Waals surface area contributed by atoms with E-state index in [0.717, 1.165) is 30.6 Å². The Balaban J connectivity index is 1.34. The van der Waals surface area contributed by atoms with Gasteiger partial charge in [-0.3, -0.25) is 14.6 Å². The number of pyridine rings is 1. The monoisotopic (exact) mass is 341 g/mol. The molecule has 0 saturated heterocycles. The molecule has 0 radical (unpaired) electrons. The van der Waals surface area contributed by atoms with E-state index in [1.807, 2.05) is 11.0 Å². The molecule has 0 fully saturated rings. The molecule has 0 aliphatic carbocycles. The molecular formula is C18H19N3O2S. The van der Waals surface area contributed by atoms with E-state index in [0.29, 0.717) is 13.1 Å². The fourth-order valence-corrected chi connectivity index (χ4v) is 4.34. The van der Waals surface area contributed by atoms with E-state index in [2.05, 4.69) is 16.4 Å². The van der Waals surface area contributed by atoms with Crippen LogP contribution in [0.1, 0.15) is 28.8 Å². The lowest BCUT2D eigenvalue weighted by molar-refractivity contribution is -0.134. The topological polar surface area (TPSA) is 53.5 Å². The van der Waals surface area contributed by atoms with Crippen molar-refractivity contribution in [2.24, 2.45) is 0 Å². The number of aromatic nitrogens is 1. The van der Waals surface area contributed by atoms with Crippen molar-refractivity contribution in [1.29, 1.82) is 0 Å². The quantitative estimate of drug-likeness (QED) is 0.861. The highest BCUT2D eigenvalue weighted by Gasteiger charge is 2.26. The van der Waals surface area contributed by atoms with Crippen LogP contribution in [0.5, 0.6) is 0 Å². The summed E-state index contributed by atoms with van der Waals surface area (Å²) in [5.41, 5.74) is 3.31. The molecule has 0 spiro atoms. The van der Waals surface area contributed by atoms with Crippen molar-refractivity contribution in [2.45, 2.75) is 32.2 Å². The van der Waals surface area contributed by atoms with Crippen LogP contribution < -0.4 is 4.90 Å². The third kappa shape index (κ3) is 2.82. The minimum absolute atomic E-state index is 0.0170. The van der Waals surface area contributed by atoms with Gasteiger partial charge in [-0.05, 0) is 41.5 Å². The van der Waals surface area contributed by atoms with Crippen LogP contribution in [0, 0.1) is 0 Å². The predicted molar refractivity (Wildman–Crippen MR) is 93.0 cm³/mol. The maximum atomic E-state index is 12.5. The fourth-order valence-electron chi connectivity index (χ4n) is 3.45. The van der Waals surface area contributed by atoms with E-state index in [9.17, 15) is 9.59 Å². The van der Waals surface area contributed by atoms with Gasteiger partial charge < -0.3 is 9.80 Å². The molecule has 0 atom stereocenters. The largest absolute Gasteiger partial charge is 0.338 e. The molecule has 2 aliphatic rings. The number of carbonyl (C=O) groups excluding carboxylic acids is 2. The van der Waals surface area contributed by atoms with Crippen LogP contribution in [-0.4, -0.2) is 34.8 Å². The molecule has 2 aromatic heterocycles. The lowest BCUT2D eigenvalue weighted by Crippen LogP contribution is -2.36. The Morgan fingerprint density at radius 1 is 1.08 bits per heavy atom. The molecule has 2 aromatic rings. The molecule has 124 valence electrons. The summed E-state index contributed by atoms with van der Waals surface area (Å²) in [4.78, 5) is 34.1. The van der Waals surface area contributed by atoms with Crippen LogP contribution in [0.2, 0.25) is 0 Å². The number of hydrogen-bond donors (Lipinski definition) is 0. The lowest BCUT2D eigenvalue weighted by atomic mass is 10.1. The van der Waals surface area contributed by atoms with Crippen LogP contribution in [0.15, 0.2) is 29.9 Å². The number of anilines is 1. The van der Waals surface area contributed by atoms with Gasteiger partial charge in [0.15, 0.2) is 0 Å². The average molecular weight is 341 g/mol. The Labute approximate surface area is 144 Å². The summed E-state index contributed by atoms with van der Waals surface area (Å²) in [6, 6.07) is 4.05. The third-order valence-corrected chi connectivity index (χ3v) is 5.82. The molecule has 0 N–H and O–H groups in total. The van der Waals surface area contributed by atoms with Crippen molar-refractivity contribution in [2.75, 3.05) is 18.0 Å². The van der Waals surface area contributed by atoms with E-state index in [1.54, 1.807) is 28.6 Å². The van der Waals surface area contributed by atoms with Gasteiger partial charge in [0.05, 0.1) is 11.9 Å². The van der Waals surface area contributed by atoms with E-state index in [1.165, 1.54) is 10.4 Å². The van der Waals surface area contributed by atoms with Gasteiger partial charge in [-0.1, -0.05) is 0 Å². The summed E-state index contributed by atoms with van der Waals surface area (Å²) in [5, 5.41) is 2.08. The molecule has 24 heavy (non-hydrogen) atoms. The van der Waals surface area contributed by atoms with Crippen molar-refractivity contribution >= 4 is 28.8 Å². The molecule has 0 aromatic carbocycles. The summed E-state index contributed by atoms with van der Waals surface area (Å²) in [6.07, 6.45) is 5.84. The summed E-state index contributed by atoms with van der Waals surface area (Å²) >= 11 is 1.76. The van der Waals surface area contributed by atoms with Crippen molar-refractivity contribution < 1.29 is 9.59 Å². The van der Waals surface area contributed by atoms with Gasteiger partial charge in [0.25, 0.3) is 0 Å². The Morgan fingerprint density at radius 3 is 2.88 bits per heavy atom. The van der Waals surface area contributed by atoms with Crippen LogP contribution in [0.4, 0.5) is 5.69 Å². The molecule has 4 heterocycles. The fraction of sp³-hybridized carbons (Fsp3) is 0.389. The maximum absolute atomic E-state index is 12.5. The van der Waals surface area contributed by atoms with Gasteiger partial charge in [0, 0.05) is 43.5 Å². The first kappa shape index (κ1) is 15.3. The third-order valence-electron chi connectivity index (χ3n) is 4.80. The van der Waals surface area contributed by atoms with Crippen molar-refractivity contribution in [1.82, 2.24) is 9.88 Å². The zero-order valence-corrected chi connectivity index (χ0v) is 14.2. The molecule has 2 amide bonds. The second-order valence-electron chi connectivity index (χ2n) is 6.23. The highest BCUT2D eigenvalue weighted by molar-refractivity contribution is 7.10. The molecule has 6 heteroatoms. The number of hydrogen-bond acceptors (Lipinski definition) is 4.